The number of carbonyl (C=O) groups is 3. The fraction of sp³-hybridized carbons (Fsp3) is 0.679. The molecule has 1 aliphatic heterocycles. The van der Waals surface area contributed by atoms with Crippen LogP contribution in [0.4, 0.5) is 11.4 Å². The monoisotopic (exact) mass is 465 g/mol. The van der Waals surface area contributed by atoms with Gasteiger partial charge >= 0.3 is 0 Å². The number of hydrogen-bond donors (Lipinski definition) is 2. The topological polar surface area (TPSA) is 78.5 Å². The van der Waals surface area contributed by atoms with Gasteiger partial charge in [0.1, 0.15) is 0 Å². The minimum atomic E-state index is -0.105. The lowest BCUT2D eigenvalue weighted by Crippen LogP contribution is -2.61. The van der Waals surface area contributed by atoms with Crippen LogP contribution in [0.2, 0.25) is 0 Å². The van der Waals surface area contributed by atoms with Crippen LogP contribution in [0.1, 0.15) is 72.1 Å². The van der Waals surface area contributed by atoms with Crippen LogP contribution in [0.5, 0.6) is 0 Å². The van der Waals surface area contributed by atoms with Gasteiger partial charge in [-0.25, -0.2) is 0 Å². The van der Waals surface area contributed by atoms with Gasteiger partial charge in [-0.05, 0) is 97.8 Å². The number of carbonyl (C=O) groups excluding carboxylic acids is 3. The molecule has 5 rings (SSSR count). The summed E-state index contributed by atoms with van der Waals surface area (Å²) >= 11 is 0. The molecule has 2 N–H and O–H groups in total. The van der Waals surface area contributed by atoms with Crippen molar-refractivity contribution in [1.29, 1.82) is 0 Å². The quantitative estimate of drug-likeness (QED) is 0.655. The number of fused-ring (bicyclic) bond motifs is 5. The van der Waals surface area contributed by atoms with E-state index in [1.54, 1.807) is 0 Å². The lowest BCUT2D eigenvalue weighted by molar-refractivity contribution is -0.159. The third kappa shape index (κ3) is 3.64. The first kappa shape index (κ1) is 23.4. The molecule has 34 heavy (non-hydrogen) atoms. The molecule has 184 valence electrons. The molecule has 1 saturated heterocycles. The van der Waals surface area contributed by atoms with Gasteiger partial charge in [0.15, 0.2) is 0 Å². The molecule has 3 aliphatic carbocycles. The average Bonchev–Trinajstić information content (AvgIpc) is 3.15. The first-order chi connectivity index (χ1) is 16.1. The van der Waals surface area contributed by atoms with Gasteiger partial charge in [0.05, 0.1) is 0 Å². The molecule has 3 amide bonds. The molecule has 4 aliphatic rings. The summed E-state index contributed by atoms with van der Waals surface area (Å²) in [5.41, 5.74) is 1.77. The highest BCUT2D eigenvalue weighted by molar-refractivity contribution is 5.94. The molecule has 1 aromatic carbocycles. The van der Waals surface area contributed by atoms with E-state index in [-0.39, 0.29) is 28.6 Å². The lowest BCUT2D eigenvalue weighted by Gasteiger charge is -2.61. The second-order valence-electron chi connectivity index (χ2n) is 11.9. The van der Waals surface area contributed by atoms with Crippen LogP contribution >= 0.6 is 0 Å². The fourth-order valence-electron chi connectivity index (χ4n) is 8.65. The number of piperidine rings is 1. The summed E-state index contributed by atoms with van der Waals surface area (Å²) in [7, 11) is 2.01. The van der Waals surface area contributed by atoms with E-state index in [1.165, 1.54) is 19.8 Å². The molecule has 4 fully saturated rings. The van der Waals surface area contributed by atoms with Crippen LogP contribution in [-0.4, -0.2) is 35.7 Å². The Morgan fingerprint density at radius 2 is 1.53 bits per heavy atom. The van der Waals surface area contributed by atoms with Crippen molar-refractivity contribution in [2.45, 2.75) is 78.2 Å². The molecule has 6 nitrogen and oxygen atoms in total. The van der Waals surface area contributed by atoms with Gasteiger partial charge in [-0.3, -0.25) is 14.4 Å². The SMILES string of the molecule is CC(=O)Nc1ccc(NC(=O)[C@H]2CC[C@H]3[C@@H]4CC[C@H]5N(C)C(=O)CC[C@]5(C)[C@H]4CC[C@]23C)cc1. The van der Waals surface area contributed by atoms with Crippen molar-refractivity contribution >= 4 is 29.1 Å². The van der Waals surface area contributed by atoms with Crippen LogP contribution < -0.4 is 10.6 Å². The zero-order valence-corrected chi connectivity index (χ0v) is 21.0. The molecule has 3 saturated carbocycles. The number of benzene rings is 1. The summed E-state index contributed by atoms with van der Waals surface area (Å²) in [5.74, 6) is 2.29. The maximum Gasteiger partial charge on any atom is 0.228 e. The van der Waals surface area contributed by atoms with Crippen LogP contribution in [0.15, 0.2) is 24.3 Å². The van der Waals surface area contributed by atoms with E-state index >= 15 is 0 Å². The number of hydrogen-bond acceptors (Lipinski definition) is 3. The predicted octanol–water partition coefficient (Wildman–Crippen LogP) is 5.06. The number of nitrogens with one attached hydrogen (secondary N) is 2. The molecular formula is C28H39N3O3. The smallest absolute Gasteiger partial charge is 0.228 e. The standard InChI is InChI=1S/C28H39N3O3/c1-17(32)29-18-5-7-19(8-6-18)30-26(34)23-11-10-21-20-9-12-24-28(3,16-14-25(33)31(24)4)22(20)13-15-27(21,23)2/h5-8,20-24H,9-16H2,1-4H3,(H,29,32)(H,30,34)/t20-,21-,22-,23+,24+,27-,28+/m0/s1. The maximum absolute atomic E-state index is 13.4. The summed E-state index contributed by atoms with van der Waals surface area (Å²) in [6.45, 7) is 6.31. The van der Waals surface area contributed by atoms with Crippen molar-refractivity contribution < 1.29 is 14.4 Å². The highest BCUT2D eigenvalue weighted by Crippen LogP contribution is 2.66. The third-order valence-electron chi connectivity index (χ3n) is 10.3. The number of likely N-dealkylation sites (tertiary alicyclic amines) is 1. The highest BCUT2D eigenvalue weighted by atomic mass is 16.2. The van der Waals surface area contributed by atoms with Crippen LogP contribution in [0.25, 0.3) is 0 Å². The summed E-state index contributed by atoms with van der Waals surface area (Å²) in [6.07, 6.45) is 8.34. The summed E-state index contributed by atoms with van der Waals surface area (Å²) < 4.78 is 0. The molecule has 6 heteroatoms. The first-order valence-corrected chi connectivity index (χ1v) is 13.1. The van der Waals surface area contributed by atoms with Crippen LogP contribution in [0, 0.1) is 34.5 Å². The molecule has 1 heterocycles. The van der Waals surface area contributed by atoms with E-state index < -0.39 is 0 Å². The van der Waals surface area contributed by atoms with E-state index in [0.29, 0.717) is 36.1 Å². The highest BCUT2D eigenvalue weighted by Gasteiger charge is 2.62. The van der Waals surface area contributed by atoms with Gasteiger partial charge in [0, 0.05) is 43.7 Å². The Morgan fingerprint density at radius 3 is 2.21 bits per heavy atom. The minimum Gasteiger partial charge on any atom is -0.342 e. The molecule has 1 aromatic rings. The van der Waals surface area contributed by atoms with Gasteiger partial charge < -0.3 is 15.5 Å². The zero-order chi connectivity index (χ0) is 24.3. The maximum atomic E-state index is 13.4. The van der Waals surface area contributed by atoms with Gasteiger partial charge in [0.25, 0.3) is 0 Å². The second-order valence-corrected chi connectivity index (χ2v) is 11.9. The van der Waals surface area contributed by atoms with Crippen molar-refractivity contribution in [2.75, 3.05) is 17.7 Å². The van der Waals surface area contributed by atoms with E-state index in [4.69, 9.17) is 0 Å². The van der Waals surface area contributed by atoms with Gasteiger partial charge in [-0.2, -0.15) is 0 Å². The molecule has 0 bridgehead atoms. The van der Waals surface area contributed by atoms with E-state index in [2.05, 4.69) is 29.4 Å². The van der Waals surface area contributed by atoms with Crippen molar-refractivity contribution in [1.82, 2.24) is 4.90 Å². The predicted molar refractivity (Wildman–Crippen MR) is 133 cm³/mol. The van der Waals surface area contributed by atoms with Crippen molar-refractivity contribution in [3.8, 4) is 0 Å². The van der Waals surface area contributed by atoms with E-state index in [9.17, 15) is 14.4 Å². The Hall–Kier alpha value is -2.37. The van der Waals surface area contributed by atoms with Crippen LogP contribution in [-0.2, 0) is 14.4 Å². The van der Waals surface area contributed by atoms with Crippen LogP contribution in [0.3, 0.4) is 0 Å². The zero-order valence-electron chi connectivity index (χ0n) is 21.0. The normalized spacial score (nSPS) is 39.0. The second kappa shape index (κ2) is 8.39. The fourth-order valence-corrected chi connectivity index (χ4v) is 8.65. The van der Waals surface area contributed by atoms with Gasteiger partial charge in [-0.15, -0.1) is 0 Å². The molecule has 0 spiro atoms. The Bertz CT molecular complexity index is 991. The number of anilines is 2. The average molecular weight is 466 g/mol. The van der Waals surface area contributed by atoms with Gasteiger partial charge in [-0.1, -0.05) is 13.8 Å². The van der Waals surface area contributed by atoms with E-state index in [0.717, 1.165) is 43.5 Å². The summed E-state index contributed by atoms with van der Waals surface area (Å²) in [5, 5.41) is 5.93. The third-order valence-corrected chi connectivity index (χ3v) is 10.3. The summed E-state index contributed by atoms with van der Waals surface area (Å²) in [4.78, 5) is 39.1. The summed E-state index contributed by atoms with van der Waals surface area (Å²) in [6, 6.07) is 7.74. The van der Waals surface area contributed by atoms with E-state index in [1.807, 2.05) is 31.3 Å². The number of nitrogens with zero attached hydrogens (tertiary/aromatic N) is 1. The minimum absolute atomic E-state index is 0.0367. The molecular weight excluding hydrogens is 426 g/mol. The molecule has 0 unspecified atom stereocenters. The molecule has 0 radical (unpaired) electrons. The largest absolute Gasteiger partial charge is 0.342 e. The molecule has 7 atom stereocenters. The Morgan fingerprint density at radius 1 is 0.882 bits per heavy atom. The van der Waals surface area contributed by atoms with Crippen molar-refractivity contribution in [3.05, 3.63) is 24.3 Å². The molecule has 0 aromatic heterocycles. The van der Waals surface area contributed by atoms with Crippen molar-refractivity contribution in [2.24, 2.45) is 34.5 Å². The number of rotatable bonds is 3. The van der Waals surface area contributed by atoms with Gasteiger partial charge in [0.2, 0.25) is 17.7 Å². The Kier molecular flexibility index (Phi) is 5.77. The lowest BCUT2D eigenvalue weighted by atomic mass is 9.47. The first-order valence-electron chi connectivity index (χ1n) is 13.1. The Balaban J connectivity index is 1.30. The van der Waals surface area contributed by atoms with Crippen molar-refractivity contribution in [3.63, 3.8) is 0 Å². The number of amides is 3. The Labute approximate surface area is 203 Å².